The standard InChI is InChI=1S/C19H17NO5/c1-23-18-9-7-16(20(21)22)13-19(18)25-11-10-24-17-8-6-14-4-2-3-5-15(14)12-17/h2-9,12-13H,10-11H2,1H3. The van der Waals surface area contributed by atoms with E-state index in [9.17, 15) is 10.1 Å². The number of hydrogen-bond acceptors (Lipinski definition) is 5. The fourth-order valence-electron chi connectivity index (χ4n) is 2.46. The molecule has 3 rings (SSSR count). The Morgan fingerprint density at radius 2 is 1.64 bits per heavy atom. The molecule has 0 N–H and O–H groups in total. The van der Waals surface area contributed by atoms with Crippen molar-refractivity contribution in [1.29, 1.82) is 0 Å². The highest BCUT2D eigenvalue weighted by Gasteiger charge is 2.12. The van der Waals surface area contributed by atoms with E-state index in [-0.39, 0.29) is 12.3 Å². The number of rotatable bonds is 7. The first-order chi connectivity index (χ1) is 12.2. The van der Waals surface area contributed by atoms with E-state index in [1.807, 2.05) is 42.5 Å². The second kappa shape index (κ2) is 7.53. The van der Waals surface area contributed by atoms with Gasteiger partial charge in [0.1, 0.15) is 19.0 Å². The molecule has 3 aromatic rings. The van der Waals surface area contributed by atoms with E-state index in [0.717, 1.165) is 16.5 Å². The zero-order valence-corrected chi connectivity index (χ0v) is 13.7. The molecule has 0 aliphatic heterocycles. The van der Waals surface area contributed by atoms with Crippen molar-refractivity contribution in [2.45, 2.75) is 0 Å². The summed E-state index contributed by atoms with van der Waals surface area (Å²) in [6.07, 6.45) is 0. The second-order valence-electron chi connectivity index (χ2n) is 5.30. The lowest BCUT2D eigenvalue weighted by atomic mass is 10.1. The van der Waals surface area contributed by atoms with Gasteiger partial charge in [-0.2, -0.15) is 0 Å². The predicted molar refractivity (Wildman–Crippen MR) is 94.6 cm³/mol. The lowest BCUT2D eigenvalue weighted by molar-refractivity contribution is -0.385. The van der Waals surface area contributed by atoms with Crippen LogP contribution >= 0.6 is 0 Å². The van der Waals surface area contributed by atoms with Crippen molar-refractivity contribution in [1.82, 2.24) is 0 Å². The highest BCUT2D eigenvalue weighted by Crippen LogP contribution is 2.31. The Bertz CT molecular complexity index is 894. The van der Waals surface area contributed by atoms with Crippen LogP contribution in [0.1, 0.15) is 0 Å². The van der Waals surface area contributed by atoms with Gasteiger partial charge in [0.05, 0.1) is 18.1 Å². The van der Waals surface area contributed by atoms with Crippen molar-refractivity contribution in [2.24, 2.45) is 0 Å². The number of methoxy groups -OCH3 is 1. The molecule has 0 spiro atoms. The molecule has 3 aromatic carbocycles. The van der Waals surface area contributed by atoms with E-state index in [4.69, 9.17) is 14.2 Å². The Morgan fingerprint density at radius 1 is 0.880 bits per heavy atom. The highest BCUT2D eigenvalue weighted by molar-refractivity contribution is 5.83. The third-order valence-electron chi connectivity index (χ3n) is 3.69. The van der Waals surface area contributed by atoms with Gasteiger partial charge in [0, 0.05) is 6.07 Å². The van der Waals surface area contributed by atoms with Gasteiger partial charge in [-0.15, -0.1) is 0 Å². The number of nitro benzene ring substituents is 1. The maximum Gasteiger partial charge on any atom is 0.273 e. The lowest BCUT2D eigenvalue weighted by Gasteiger charge is -2.11. The largest absolute Gasteiger partial charge is 0.493 e. The minimum Gasteiger partial charge on any atom is -0.493 e. The van der Waals surface area contributed by atoms with Gasteiger partial charge < -0.3 is 14.2 Å². The molecular formula is C19H17NO5. The number of nitrogens with zero attached hydrogens (tertiary/aromatic N) is 1. The van der Waals surface area contributed by atoms with Crippen molar-refractivity contribution in [3.8, 4) is 17.2 Å². The molecule has 6 heteroatoms. The summed E-state index contributed by atoms with van der Waals surface area (Å²) < 4.78 is 16.4. The normalized spacial score (nSPS) is 10.4. The summed E-state index contributed by atoms with van der Waals surface area (Å²) in [6.45, 7) is 0.550. The van der Waals surface area contributed by atoms with Crippen LogP contribution in [-0.4, -0.2) is 25.2 Å². The number of benzene rings is 3. The van der Waals surface area contributed by atoms with Gasteiger partial charge in [-0.05, 0) is 29.0 Å². The minimum atomic E-state index is -0.474. The molecule has 25 heavy (non-hydrogen) atoms. The lowest BCUT2D eigenvalue weighted by Crippen LogP contribution is -2.09. The zero-order chi connectivity index (χ0) is 17.6. The Balaban J connectivity index is 1.60. The molecule has 128 valence electrons. The Kier molecular flexibility index (Phi) is 4.99. The topological polar surface area (TPSA) is 70.8 Å². The smallest absolute Gasteiger partial charge is 0.273 e. The monoisotopic (exact) mass is 339 g/mol. The van der Waals surface area contributed by atoms with E-state index in [0.29, 0.717) is 18.1 Å². The maximum absolute atomic E-state index is 10.9. The number of nitro groups is 1. The molecule has 0 saturated carbocycles. The summed E-state index contributed by atoms with van der Waals surface area (Å²) in [5, 5.41) is 13.1. The van der Waals surface area contributed by atoms with Crippen LogP contribution in [0.3, 0.4) is 0 Å². The summed E-state index contributed by atoms with van der Waals surface area (Å²) in [7, 11) is 1.49. The molecule has 0 fully saturated rings. The Hall–Kier alpha value is -3.28. The van der Waals surface area contributed by atoms with Crippen LogP contribution in [0.15, 0.2) is 60.7 Å². The van der Waals surface area contributed by atoms with Crippen molar-refractivity contribution in [3.63, 3.8) is 0 Å². The minimum absolute atomic E-state index is 0.0498. The molecule has 0 radical (unpaired) electrons. The van der Waals surface area contributed by atoms with Crippen LogP contribution in [0.25, 0.3) is 10.8 Å². The molecule has 0 unspecified atom stereocenters. The van der Waals surface area contributed by atoms with E-state index >= 15 is 0 Å². The van der Waals surface area contributed by atoms with E-state index in [1.165, 1.54) is 25.3 Å². The van der Waals surface area contributed by atoms with E-state index in [1.54, 1.807) is 0 Å². The van der Waals surface area contributed by atoms with Gasteiger partial charge in [0.15, 0.2) is 11.5 Å². The first kappa shape index (κ1) is 16.6. The first-order valence-electron chi connectivity index (χ1n) is 7.74. The third-order valence-corrected chi connectivity index (χ3v) is 3.69. The van der Waals surface area contributed by atoms with Crippen LogP contribution in [0.2, 0.25) is 0 Å². The molecule has 0 atom stereocenters. The predicted octanol–water partition coefficient (Wildman–Crippen LogP) is 4.21. The molecule has 0 aromatic heterocycles. The molecule has 0 amide bonds. The summed E-state index contributed by atoms with van der Waals surface area (Å²) in [5.74, 6) is 1.50. The molecule has 6 nitrogen and oxygen atoms in total. The van der Waals surface area contributed by atoms with Gasteiger partial charge in [0.2, 0.25) is 0 Å². The first-order valence-corrected chi connectivity index (χ1v) is 7.74. The quantitative estimate of drug-likeness (QED) is 0.366. The summed E-state index contributed by atoms with van der Waals surface area (Å²) in [6, 6.07) is 18.1. The van der Waals surface area contributed by atoms with Gasteiger partial charge in [-0.1, -0.05) is 30.3 Å². The fraction of sp³-hybridized carbons (Fsp3) is 0.158. The Labute approximate surface area is 144 Å². The number of non-ortho nitro benzene ring substituents is 1. The van der Waals surface area contributed by atoms with E-state index < -0.39 is 4.92 Å². The van der Waals surface area contributed by atoms with E-state index in [2.05, 4.69) is 0 Å². The number of ether oxygens (including phenoxy) is 3. The molecule has 0 bridgehead atoms. The van der Waals surface area contributed by atoms with Crippen molar-refractivity contribution in [3.05, 3.63) is 70.8 Å². The SMILES string of the molecule is COc1ccc([N+](=O)[O-])cc1OCCOc1ccc2ccccc2c1. The van der Waals surface area contributed by atoms with Crippen LogP contribution in [0.5, 0.6) is 17.2 Å². The second-order valence-corrected chi connectivity index (χ2v) is 5.30. The molecule has 0 saturated heterocycles. The number of fused-ring (bicyclic) bond motifs is 1. The van der Waals surface area contributed by atoms with Gasteiger partial charge in [-0.25, -0.2) is 0 Å². The van der Waals surface area contributed by atoms with Gasteiger partial charge in [0.25, 0.3) is 5.69 Å². The third kappa shape index (κ3) is 3.98. The molecular weight excluding hydrogens is 322 g/mol. The van der Waals surface area contributed by atoms with Crippen molar-refractivity contribution >= 4 is 16.5 Å². The summed E-state index contributed by atoms with van der Waals surface area (Å²) >= 11 is 0. The van der Waals surface area contributed by atoms with Gasteiger partial charge >= 0.3 is 0 Å². The summed E-state index contributed by atoms with van der Waals surface area (Å²) in [5.41, 5.74) is -0.0498. The molecule has 0 aliphatic rings. The maximum atomic E-state index is 10.9. The molecule has 0 heterocycles. The summed E-state index contributed by atoms with van der Waals surface area (Å²) in [4.78, 5) is 10.4. The Morgan fingerprint density at radius 3 is 2.40 bits per heavy atom. The average molecular weight is 339 g/mol. The highest BCUT2D eigenvalue weighted by atomic mass is 16.6. The zero-order valence-electron chi connectivity index (χ0n) is 13.7. The fourth-order valence-corrected chi connectivity index (χ4v) is 2.46. The van der Waals surface area contributed by atoms with Crippen LogP contribution in [0.4, 0.5) is 5.69 Å². The average Bonchev–Trinajstić information content (AvgIpc) is 2.64. The van der Waals surface area contributed by atoms with Crippen LogP contribution in [0, 0.1) is 10.1 Å². The molecule has 0 aliphatic carbocycles. The number of hydrogen-bond donors (Lipinski definition) is 0. The van der Waals surface area contributed by atoms with Gasteiger partial charge in [-0.3, -0.25) is 10.1 Å². The van der Waals surface area contributed by atoms with Crippen molar-refractivity contribution in [2.75, 3.05) is 20.3 Å². The van der Waals surface area contributed by atoms with Crippen LogP contribution in [-0.2, 0) is 0 Å². The van der Waals surface area contributed by atoms with Crippen LogP contribution < -0.4 is 14.2 Å². The van der Waals surface area contributed by atoms with Crippen molar-refractivity contribution < 1.29 is 19.1 Å².